The molecule has 0 saturated heterocycles. The summed E-state index contributed by atoms with van der Waals surface area (Å²) in [4.78, 5) is 0. The highest BCUT2D eigenvalue weighted by Crippen LogP contribution is 2.13. The fourth-order valence-electron chi connectivity index (χ4n) is 1.11. The van der Waals surface area contributed by atoms with Crippen molar-refractivity contribution in [1.82, 2.24) is 4.57 Å². The first-order valence-electron chi connectivity index (χ1n) is 3.80. The number of hydrogen-bond acceptors (Lipinski definition) is 2. The Morgan fingerprint density at radius 2 is 2.33 bits per heavy atom. The molecule has 0 spiro atoms. The monoisotopic (exact) mass is 159 g/mol. The van der Waals surface area contributed by atoms with Crippen molar-refractivity contribution in [3.05, 3.63) is 24.0 Å². The molecule has 1 unspecified atom stereocenters. The van der Waals surface area contributed by atoms with E-state index in [1.54, 1.807) is 22.9 Å². The molecule has 0 aromatic carbocycles. The lowest BCUT2D eigenvalue weighted by molar-refractivity contribution is 0.594. The third-order valence-electron chi connectivity index (χ3n) is 1.76. The highest BCUT2D eigenvalue weighted by molar-refractivity contribution is 5.24. The predicted octanol–water partition coefficient (Wildman–Crippen LogP) is 1.83. The van der Waals surface area contributed by atoms with Gasteiger partial charge >= 0.3 is 0 Å². The molecule has 1 aromatic heterocycles. The zero-order chi connectivity index (χ0) is 8.97. The van der Waals surface area contributed by atoms with Crippen LogP contribution < -0.4 is 0 Å². The van der Waals surface area contributed by atoms with Crippen LogP contribution in [0.1, 0.15) is 25.1 Å². The quantitative estimate of drug-likeness (QED) is 0.661. The summed E-state index contributed by atoms with van der Waals surface area (Å²) in [6.07, 6.45) is 2.48. The van der Waals surface area contributed by atoms with E-state index >= 15 is 0 Å². The van der Waals surface area contributed by atoms with Crippen LogP contribution in [0.15, 0.2) is 18.3 Å². The number of aromatic nitrogens is 1. The molecule has 1 aromatic rings. The van der Waals surface area contributed by atoms with Crippen LogP contribution in [0.4, 0.5) is 0 Å². The van der Waals surface area contributed by atoms with Crippen LogP contribution >= 0.6 is 0 Å². The third-order valence-corrected chi connectivity index (χ3v) is 1.76. The molecule has 1 heterocycles. The average molecular weight is 159 g/mol. The van der Waals surface area contributed by atoms with E-state index in [9.17, 15) is 0 Å². The van der Waals surface area contributed by atoms with Gasteiger partial charge in [-0.25, -0.2) is 0 Å². The van der Waals surface area contributed by atoms with Crippen molar-refractivity contribution in [3.8, 4) is 12.1 Å². The third kappa shape index (κ3) is 1.31. The van der Waals surface area contributed by atoms with Gasteiger partial charge in [-0.15, -0.1) is 0 Å². The molecule has 0 N–H and O–H groups in total. The smallest absolute Gasteiger partial charge is 0.121 e. The van der Waals surface area contributed by atoms with Crippen molar-refractivity contribution >= 4 is 0 Å². The van der Waals surface area contributed by atoms with Crippen LogP contribution in [0.3, 0.4) is 0 Å². The molecule has 60 valence electrons. The number of nitriles is 2. The van der Waals surface area contributed by atoms with Gasteiger partial charge in [-0.2, -0.15) is 10.5 Å². The van der Waals surface area contributed by atoms with Gasteiger partial charge in [-0.1, -0.05) is 6.92 Å². The van der Waals surface area contributed by atoms with Crippen molar-refractivity contribution < 1.29 is 0 Å². The van der Waals surface area contributed by atoms with Crippen molar-refractivity contribution in [2.24, 2.45) is 0 Å². The largest absolute Gasteiger partial charge is 0.323 e. The molecule has 1 rings (SSSR count). The second-order valence-corrected chi connectivity index (χ2v) is 2.47. The minimum Gasteiger partial charge on any atom is -0.323 e. The molecular weight excluding hydrogens is 150 g/mol. The average Bonchev–Trinajstić information content (AvgIpc) is 2.55. The van der Waals surface area contributed by atoms with Crippen molar-refractivity contribution in [1.29, 1.82) is 10.5 Å². The fourth-order valence-corrected chi connectivity index (χ4v) is 1.11. The Bertz CT molecular complexity index is 337. The van der Waals surface area contributed by atoms with Crippen molar-refractivity contribution in [3.63, 3.8) is 0 Å². The van der Waals surface area contributed by atoms with Crippen LogP contribution in [-0.2, 0) is 0 Å². The summed E-state index contributed by atoms with van der Waals surface area (Å²) < 4.78 is 1.69. The summed E-state index contributed by atoms with van der Waals surface area (Å²) in [6.45, 7) is 1.93. The molecule has 3 nitrogen and oxygen atoms in total. The predicted molar refractivity (Wildman–Crippen MR) is 44.1 cm³/mol. The molecule has 3 heteroatoms. The molecule has 12 heavy (non-hydrogen) atoms. The minimum atomic E-state index is -0.213. The van der Waals surface area contributed by atoms with Gasteiger partial charge in [0.2, 0.25) is 0 Å². The zero-order valence-corrected chi connectivity index (χ0v) is 6.86. The Morgan fingerprint density at radius 1 is 1.58 bits per heavy atom. The van der Waals surface area contributed by atoms with Crippen LogP contribution in [0, 0.1) is 22.7 Å². The number of rotatable bonds is 2. The van der Waals surface area contributed by atoms with Crippen LogP contribution in [0.5, 0.6) is 0 Å². The lowest BCUT2D eigenvalue weighted by Gasteiger charge is -2.08. The first-order chi connectivity index (χ1) is 5.83. The molecule has 1 atom stereocenters. The van der Waals surface area contributed by atoms with Gasteiger partial charge in [0.25, 0.3) is 0 Å². The summed E-state index contributed by atoms with van der Waals surface area (Å²) >= 11 is 0. The standard InChI is InChI=1S/C9H9N3/c1-2-8(6-10)12-5-3-4-9(12)7-11/h3-5,8H,2H2,1H3. The van der Waals surface area contributed by atoms with Gasteiger partial charge in [0.1, 0.15) is 17.8 Å². The van der Waals surface area contributed by atoms with Crippen LogP contribution in [-0.4, -0.2) is 4.57 Å². The van der Waals surface area contributed by atoms with Gasteiger partial charge < -0.3 is 4.57 Å². The maximum atomic E-state index is 8.74. The minimum absolute atomic E-state index is 0.213. The Balaban J connectivity index is 3.03. The maximum Gasteiger partial charge on any atom is 0.121 e. The van der Waals surface area contributed by atoms with E-state index < -0.39 is 0 Å². The lowest BCUT2D eigenvalue weighted by atomic mass is 10.2. The first kappa shape index (κ1) is 8.36. The summed E-state index contributed by atoms with van der Waals surface area (Å²) in [7, 11) is 0. The Labute approximate surface area is 71.5 Å². The summed E-state index contributed by atoms with van der Waals surface area (Å²) in [5, 5.41) is 17.4. The van der Waals surface area contributed by atoms with E-state index in [0.29, 0.717) is 5.69 Å². The second kappa shape index (κ2) is 3.59. The molecular formula is C9H9N3. The van der Waals surface area contributed by atoms with Crippen molar-refractivity contribution in [2.45, 2.75) is 19.4 Å². The summed E-state index contributed by atoms with van der Waals surface area (Å²) in [5.74, 6) is 0. The van der Waals surface area contributed by atoms with Gasteiger partial charge in [-0.3, -0.25) is 0 Å². The highest BCUT2D eigenvalue weighted by atomic mass is 15.0. The Kier molecular flexibility index (Phi) is 2.50. The SMILES string of the molecule is CCC(C#N)n1cccc1C#N. The van der Waals surface area contributed by atoms with E-state index in [4.69, 9.17) is 10.5 Å². The van der Waals surface area contributed by atoms with Crippen LogP contribution in [0.2, 0.25) is 0 Å². The maximum absolute atomic E-state index is 8.74. The second-order valence-electron chi connectivity index (χ2n) is 2.47. The topological polar surface area (TPSA) is 52.5 Å². The molecule has 0 saturated carbocycles. The van der Waals surface area contributed by atoms with E-state index in [2.05, 4.69) is 6.07 Å². The zero-order valence-electron chi connectivity index (χ0n) is 6.86. The normalized spacial score (nSPS) is 11.6. The van der Waals surface area contributed by atoms with Crippen molar-refractivity contribution in [2.75, 3.05) is 0 Å². The molecule has 0 aliphatic carbocycles. The Morgan fingerprint density at radius 3 is 2.83 bits per heavy atom. The van der Waals surface area contributed by atoms with Gasteiger partial charge in [-0.05, 0) is 18.6 Å². The molecule has 0 amide bonds. The summed E-state index contributed by atoms with van der Waals surface area (Å²) in [6, 6.07) is 7.45. The lowest BCUT2D eigenvalue weighted by Crippen LogP contribution is -2.05. The highest BCUT2D eigenvalue weighted by Gasteiger charge is 2.08. The van der Waals surface area contributed by atoms with E-state index in [-0.39, 0.29) is 6.04 Å². The first-order valence-corrected chi connectivity index (χ1v) is 3.80. The van der Waals surface area contributed by atoms with Gasteiger partial charge in [0, 0.05) is 6.20 Å². The fraction of sp³-hybridized carbons (Fsp3) is 0.333. The number of nitrogens with zero attached hydrogens (tertiary/aromatic N) is 3. The summed E-state index contributed by atoms with van der Waals surface area (Å²) in [5.41, 5.74) is 0.545. The van der Waals surface area contributed by atoms with E-state index in [1.807, 2.05) is 13.0 Å². The van der Waals surface area contributed by atoms with Gasteiger partial charge in [0.05, 0.1) is 6.07 Å². The van der Waals surface area contributed by atoms with E-state index in [1.165, 1.54) is 0 Å². The number of hydrogen-bond donors (Lipinski definition) is 0. The molecule has 0 aliphatic heterocycles. The molecule has 0 aliphatic rings. The molecule has 0 radical (unpaired) electrons. The molecule has 0 fully saturated rings. The Hall–Kier alpha value is -1.74. The van der Waals surface area contributed by atoms with E-state index in [0.717, 1.165) is 6.42 Å². The van der Waals surface area contributed by atoms with Crippen LogP contribution in [0.25, 0.3) is 0 Å². The molecule has 0 bridgehead atoms. The van der Waals surface area contributed by atoms with Gasteiger partial charge in [0.15, 0.2) is 0 Å².